The number of likely N-dealkylation sites (N-methyl/N-ethyl adjacent to an activating group) is 1. The summed E-state index contributed by atoms with van der Waals surface area (Å²) in [6.45, 7) is 10.4. The molecule has 3 aromatic rings. The molecule has 0 saturated heterocycles. The zero-order chi connectivity index (χ0) is 24.5. The topological polar surface area (TPSA) is 62.3 Å². The van der Waals surface area contributed by atoms with Crippen molar-refractivity contribution in [2.24, 2.45) is 0 Å². The molecule has 0 aliphatic heterocycles. The van der Waals surface area contributed by atoms with E-state index in [0.717, 1.165) is 48.4 Å². The smallest absolute Gasteiger partial charge is 0.204 e. The van der Waals surface area contributed by atoms with Gasteiger partial charge in [0.2, 0.25) is 5.75 Å². The number of fused-ring (bicyclic) bond motifs is 1. The van der Waals surface area contributed by atoms with E-state index in [9.17, 15) is 0 Å². The average molecular weight is 469 g/mol. The zero-order valence-electron chi connectivity index (χ0n) is 21.1. The Morgan fingerprint density at radius 2 is 1.47 bits per heavy atom. The number of aromatic nitrogens is 1. The summed E-state index contributed by atoms with van der Waals surface area (Å²) in [6, 6.07) is 11.8. The third-order valence-corrected chi connectivity index (χ3v) is 5.75. The van der Waals surface area contributed by atoms with Gasteiger partial charge in [0.25, 0.3) is 0 Å². The van der Waals surface area contributed by atoms with Gasteiger partial charge in [-0.1, -0.05) is 20.8 Å². The standard InChI is InChI=1S/C27H36N2O5/c1-7-15-33-20-12-10-19(11-13-20)21-17-23(34-16-14-29(8-2)9-3)25-22(28-21)18-24(30-4)26(31-5)27(25)32-6/h10-13,17-18H,7-9,14-16H2,1-6H3. The number of pyridine rings is 1. The molecular weight excluding hydrogens is 432 g/mol. The van der Waals surface area contributed by atoms with E-state index in [1.165, 1.54) is 0 Å². The van der Waals surface area contributed by atoms with Gasteiger partial charge in [-0.25, -0.2) is 4.98 Å². The van der Waals surface area contributed by atoms with Crippen LogP contribution in [0.15, 0.2) is 36.4 Å². The molecule has 0 radical (unpaired) electrons. The number of methoxy groups -OCH3 is 3. The van der Waals surface area contributed by atoms with Gasteiger partial charge in [0.05, 0.1) is 44.5 Å². The van der Waals surface area contributed by atoms with Crippen molar-refractivity contribution in [1.82, 2.24) is 9.88 Å². The van der Waals surface area contributed by atoms with Crippen LogP contribution in [0, 0.1) is 0 Å². The minimum absolute atomic E-state index is 0.512. The average Bonchev–Trinajstić information content (AvgIpc) is 2.88. The molecule has 7 heteroatoms. The van der Waals surface area contributed by atoms with Crippen LogP contribution >= 0.6 is 0 Å². The first-order chi connectivity index (χ1) is 16.6. The van der Waals surface area contributed by atoms with Crippen molar-refractivity contribution in [3.8, 4) is 40.0 Å². The fraction of sp³-hybridized carbons (Fsp3) is 0.444. The Kier molecular flexibility index (Phi) is 9.22. The Bertz CT molecular complexity index is 1070. The quantitative estimate of drug-likeness (QED) is 0.331. The highest BCUT2D eigenvalue weighted by molar-refractivity contribution is 5.97. The second-order valence-corrected chi connectivity index (χ2v) is 7.79. The Morgan fingerprint density at radius 3 is 2.06 bits per heavy atom. The molecule has 184 valence electrons. The molecule has 0 spiro atoms. The first-order valence-corrected chi connectivity index (χ1v) is 11.8. The number of benzene rings is 2. The molecule has 0 N–H and O–H groups in total. The van der Waals surface area contributed by atoms with E-state index in [-0.39, 0.29) is 0 Å². The lowest BCUT2D eigenvalue weighted by molar-refractivity contribution is 0.224. The van der Waals surface area contributed by atoms with Crippen LogP contribution in [0.5, 0.6) is 28.7 Å². The van der Waals surface area contributed by atoms with Gasteiger partial charge in [0, 0.05) is 24.2 Å². The Labute approximate surface area is 202 Å². The zero-order valence-corrected chi connectivity index (χ0v) is 21.1. The fourth-order valence-corrected chi connectivity index (χ4v) is 3.86. The maximum Gasteiger partial charge on any atom is 0.204 e. The minimum atomic E-state index is 0.512. The van der Waals surface area contributed by atoms with Crippen LogP contribution < -0.4 is 23.7 Å². The first-order valence-electron chi connectivity index (χ1n) is 11.8. The second kappa shape index (κ2) is 12.3. The lowest BCUT2D eigenvalue weighted by atomic mass is 10.1. The van der Waals surface area contributed by atoms with E-state index in [0.29, 0.717) is 41.7 Å². The summed E-state index contributed by atoms with van der Waals surface area (Å²) in [5.74, 6) is 3.13. The summed E-state index contributed by atoms with van der Waals surface area (Å²) in [4.78, 5) is 7.24. The molecule has 3 rings (SSSR count). The number of rotatable bonds is 13. The maximum atomic E-state index is 6.33. The van der Waals surface area contributed by atoms with E-state index in [4.69, 9.17) is 28.7 Å². The number of hydrogen-bond donors (Lipinski definition) is 0. The molecule has 0 unspecified atom stereocenters. The monoisotopic (exact) mass is 468 g/mol. The van der Waals surface area contributed by atoms with Crippen LogP contribution in [-0.4, -0.2) is 64.1 Å². The molecule has 0 amide bonds. The highest BCUT2D eigenvalue weighted by Crippen LogP contribution is 2.47. The lowest BCUT2D eigenvalue weighted by Gasteiger charge is -2.20. The van der Waals surface area contributed by atoms with Gasteiger partial charge in [-0.2, -0.15) is 0 Å². The summed E-state index contributed by atoms with van der Waals surface area (Å²) in [7, 11) is 4.81. The Hall–Kier alpha value is -3.19. The van der Waals surface area contributed by atoms with Crippen LogP contribution in [-0.2, 0) is 0 Å². The van der Waals surface area contributed by atoms with Gasteiger partial charge in [-0.3, -0.25) is 0 Å². The summed E-state index contributed by atoms with van der Waals surface area (Å²) in [5.41, 5.74) is 2.46. The highest BCUT2D eigenvalue weighted by atomic mass is 16.5. The molecule has 1 heterocycles. The summed E-state index contributed by atoms with van der Waals surface area (Å²) < 4.78 is 29.0. The minimum Gasteiger partial charge on any atom is -0.494 e. The van der Waals surface area contributed by atoms with Crippen molar-refractivity contribution in [2.75, 3.05) is 54.2 Å². The van der Waals surface area contributed by atoms with Gasteiger partial charge >= 0.3 is 0 Å². The normalized spacial score (nSPS) is 11.0. The molecular formula is C27H36N2O5. The SMILES string of the molecule is CCCOc1ccc(-c2cc(OCCN(CC)CC)c3c(OC)c(OC)c(OC)cc3n2)cc1. The summed E-state index contributed by atoms with van der Waals surface area (Å²) >= 11 is 0. The molecule has 0 aliphatic rings. The van der Waals surface area contributed by atoms with Crippen molar-refractivity contribution in [3.05, 3.63) is 36.4 Å². The van der Waals surface area contributed by atoms with Crippen LogP contribution in [0.3, 0.4) is 0 Å². The fourth-order valence-electron chi connectivity index (χ4n) is 3.86. The van der Waals surface area contributed by atoms with E-state index < -0.39 is 0 Å². The molecule has 0 bridgehead atoms. The van der Waals surface area contributed by atoms with Crippen molar-refractivity contribution in [1.29, 1.82) is 0 Å². The highest BCUT2D eigenvalue weighted by Gasteiger charge is 2.21. The molecule has 0 atom stereocenters. The van der Waals surface area contributed by atoms with E-state index in [2.05, 4.69) is 25.7 Å². The largest absolute Gasteiger partial charge is 0.494 e. The predicted octanol–water partition coefficient (Wildman–Crippen LogP) is 5.44. The maximum absolute atomic E-state index is 6.33. The van der Waals surface area contributed by atoms with E-state index >= 15 is 0 Å². The van der Waals surface area contributed by atoms with Crippen molar-refractivity contribution >= 4 is 10.9 Å². The predicted molar refractivity (Wildman–Crippen MR) is 136 cm³/mol. The summed E-state index contributed by atoms with van der Waals surface area (Å²) in [5, 5.41) is 0.756. The van der Waals surface area contributed by atoms with Crippen LogP contribution in [0.2, 0.25) is 0 Å². The van der Waals surface area contributed by atoms with Crippen LogP contribution in [0.1, 0.15) is 27.2 Å². The Morgan fingerprint density at radius 1 is 0.765 bits per heavy atom. The molecule has 2 aromatic carbocycles. The number of ether oxygens (including phenoxy) is 5. The van der Waals surface area contributed by atoms with Gasteiger partial charge in [0.1, 0.15) is 18.1 Å². The van der Waals surface area contributed by atoms with Crippen molar-refractivity contribution in [3.63, 3.8) is 0 Å². The second-order valence-electron chi connectivity index (χ2n) is 7.79. The van der Waals surface area contributed by atoms with Crippen molar-refractivity contribution in [2.45, 2.75) is 27.2 Å². The van der Waals surface area contributed by atoms with Crippen LogP contribution in [0.25, 0.3) is 22.2 Å². The summed E-state index contributed by atoms with van der Waals surface area (Å²) in [6.07, 6.45) is 0.968. The number of hydrogen-bond acceptors (Lipinski definition) is 7. The van der Waals surface area contributed by atoms with Crippen LogP contribution in [0.4, 0.5) is 0 Å². The molecule has 0 fully saturated rings. The third-order valence-electron chi connectivity index (χ3n) is 5.75. The first kappa shape index (κ1) is 25.4. The van der Waals surface area contributed by atoms with Gasteiger partial charge in [-0.05, 0) is 43.8 Å². The van der Waals surface area contributed by atoms with Gasteiger partial charge in [-0.15, -0.1) is 0 Å². The number of nitrogens with zero attached hydrogens (tertiary/aromatic N) is 2. The molecule has 0 saturated carbocycles. The van der Waals surface area contributed by atoms with Crippen molar-refractivity contribution < 1.29 is 23.7 Å². The third kappa shape index (κ3) is 5.65. The Balaban J connectivity index is 2.10. The molecule has 0 aliphatic carbocycles. The molecule has 1 aromatic heterocycles. The lowest BCUT2D eigenvalue weighted by Crippen LogP contribution is -2.27. The van der Waals surface area contributed by atoms with Gasteiger partial charge in [0.15, 0.2) is 11.5 Å². The van der Waals surface area contributed by atoms with E-state index in [1.807, 2.05) is 36.4 Å². The van der Waals surface area contributed by atoms with Gasteiger partial charge < -0.3 is 28.6 Å². The van der Waals surface area contributed by atoms with E-state index in [1.54, 1.807) is 21.3 Å². The molecule has 34 heavy (non-hydrogen) atoms. The molecule has 7 nitrogen and oxygen atoms in total.